The maximum Gasteiger partial charge on any atom is 0.191 e. The fourth-order valence-corrected chi connectivity index (χ4v) is 2.66. The molecular weight excluding hydrogens is 260 g/mol. The van der Waals surface area contributed by atoms with Crippen LogP contribution in [0.15, 0.2) is 11.2 Å². The summed E-state index contributed by atoms with van der Waals surface area (Å²) in [5, 5.41) is 3.91. The van der Waals surface area contributed by atoms with E-state index in [1.54, 1.807) is 11.8 Å². The lowest BCUT2D eigenvalue weighted by molar-refractivity contribution is 0.0458. The number of nitrogens with zero attached hydrogens (tertiary/aromatic N) is 3. The second-order valence-corrected chi connectivity index (χ2v) is 5.26. The van der Waals surface area contributed by atoms with Gasteiger partial charge in [0, 0.05) is 32.8 Å². The van der Waals surface area contributed by atoms with E-state index in [9.17, 15) is 0 Å². The lowest BCUT2D eigenvalue weighted by Gasteiger charge is -2.32. The van der Waals surface area contributed by atoms with Crippen LogP contribution in [0.3, 0.4) is 0 Å². The topological polar surface area (TPSA) is 50.3 Å². The Bertz CT molecular complexity index is 385. The molecule has 0 amide bonds. The van der Waals surface area contributed by atoms with E-state index in [1.807, 2.05) is 19.4 Å². The van der Waals surface area contributed by atoms with Crippen LogP contribution in [0, 0.1) is 0 Å². The summed E-state index contributed by atoms with van der Waals surface area (Å²) in [5.74, 6) is 1.89. The average molecular weight is 282 g/mol. The maximum absolute atomic E-state index is 5.68. The highest BCUT2D eigenvalue weighted by Crippen LogP contribution is 2.24. The molecule has 6 heteroatoms. The molecule has 1 aliphatic heterocycles. The quantitative estimate of drug-likeness (QED) is 0.660. The Morgan fingerprint density at radius 3 is 2.74 bits per heavy atom. The minimum Gasteiger partial charge on any atom is -0.378 e. The van der Waals surface area contributed by atoms with Gasteiger partial charge in [0.1, 0.15) is 11.6 Å². The van der Waals surface area contributed by atoms with E-state index >= 15 is 0 Å². The fraction of sp³-hybridized carbons (Fsp3) is 0.692. The summed E-state index contributed by atoms with van der Waals surface area (Å²) in [4.78, 5) is 11.3. The van der Waals surface area contributed by atoms with Gasteiger partial charge in [-0.15, -0.1) is 0 Å². The lowest BCUT2D eigenvalue weighted by Crippen LogP contribution is -2.37. The maximum atomic E-state index is 5.68. The highest BCUT2D eigenvalue weighted by Gasteiger charge is 2.21. The van der Waals surface area contributed by atoms with E-state index in [-0.39, 0.29) is 0 Å². The molecule has 5 nitrogen and oxygen atoms in total. The van der Waals surface area contributed by atoms with Crippen LogP contribution in [0.4, 0.5) is 11.6 Å². The van der Waals surface area contributed by atoms with Gasteiger partial charge in [0.05, 0.1) is 6.10 Å². The van der Waals surface area contributed by atoms with Gasteiger partial charge in [-0.05, 0) is 26.0 Å². The summed E-state index contributed by atoms with van der Waals surface area (Å²) < 4.78 is 5.68. The lowest BCUT2D eigenvalue weighted by atomic mass is 10.1. The second kappa shape index (κ2) is 6.96. The van der Waals surface area contributed by atoms with Crippen molar-refractivity contribution < 1.29 is 4.74 Å². The van der Waals surface area contributed by atoms with Crippen molar-refractivity contribution in [2.75, 3.05) is 43.2 Å². The van der Waals surface area contributed by atoms with Gasteiger partial charge < -0.3 is 15.0 Å². The molecule has 1 N–H and O–H groups in total. The van der Waals surface area contributed by atoms with E-state index < -0.39 is 0 Å². The summed E-state index contributed by atoms with van der Waals surface area (Å²) in [7, 11) is 1.89. The smallest absolute Gasteiger partial charge is 0.191 e. The minimum absolute atomic E-state index is 0.409. The zero-order valence-electron chi connectivity index (χ0n) is 11.8. The predicted octanol–water partition coefficient (Wildman–Crippen LogP) is 2.25. The molecule has 106 valence electrons. The van der Waals surface area contributed by atoms with Crippen LogP contribution in [0.1, 0.15) is 19.8 Å². The zero-order chi connectivity index (χ0) is 13.7. The monoisotopic (exact) mass is 282 g/mol. The van der Waals surface area contributed by atoms with Gasteiger partial charge >= 0.3 is 0 Å². The Balaban J connectivity index is 2.06. The molecule has 1 aromatic rings. The van der Waals surface area contributed by atoms with E-state index in [1.165, 1.54) is 0 Å². The summed E-state index contributed by atoms with van der Waals surface area (Å²) in [5.41, 5.74) is 0. The number of piperidine rings is 1. The molecule has 0 bridgehead atoms. The van der Waals surface area contributed by atoms with Crippen molar-refractivity contribution in [1.82, 2.24) is 9.97 Å². The van der Waals surface area contributed by atoms with Crippen LogP contribution in [0.25, 0.3) is 0 Å². The molecule has 1 saturated heterocycles. The predicted molar refractivity (Wildman–Crippen MR) is 80.2 cm³/mol. The third kappa shape index (κ3) is 3.73. The molecule has 0 aromatic carbocycles. The van der Waals surface area contributed by atoms with Crippen molar-refractivity contribution in [3.05, 3.63) is 6.07 Å². The second-order valence-electron chi connectivity index (χ2n) is 4.49. The van der Waals surface area contributed by atoms with E-state index in [2.05, 4.69) is 27.1 Å². The summed E-state index contributed by atoms with van der Waals surface area (Å²) >= 11 is 1.57. The minimum atomic E-state index is 0.409. The van der Waals surface area contributed by atoms with Crippen LogP contribution in [0.5, 0.6) is 0 Å². The number of aromatic nitrogens is 2. The highest BCUT2D eigenvalue weighted by molar-refractivity contribution is 7.98. The number of hydrogen-bond donors (Lipinski definition) is 1. The number of thioether (sulfide) groups is 1. The highest BCUT2D eigenvalue weighted by atomic mass is 32.2. The van der Waals surface area contributed by atoms with Gasteiger partial charge in [-0.3, -0.25) is 0 Å². The molecular formula is C13H22N4OS. The first-order chi connectivity index (χ1) is 9.26. The van der Waals surface area contributed by atoms with Crippen LogP contribution in [-0.4, -0.2) is 49.1 Å². The third-order valence-electron chi connectivity index (χ3n) is 3.30. The Morgan fingerprint density at radius 2 is 2.16 bits per heavy atom. The Labute approximate surface area is 119 Å². The Hall–Kier alpha value is -1.01. The SMILES string of the molecule is CCOC1CCN(c2cc(NC)nc(SC)n2)CC1. The third-order valence-corrected chi connectivity index (χ3v) is 3.85. The molecule has 1 aliphatic rings. The van der Waals surface area contributed by atoms with Crippen LogP contribution in [-0.2, 0) is 4.74 Å². The van der Waals surface area contributed by atoms with Crippen molar-refractivity contribution in [3.63, 3.8) is 0 Å². The molecule has 2 heterocycles. The van der Waals surface area contributed by atoms with Gasteiger partial charge in [-0.25, -0.2) is 9.97 Å². The van der Waals surface area contributed by atoms with Crippen molar-refractivity contribution in [1.29, 1.82) is 0 Å². The standard InChI is InChI=1S/C13H22N4OS/c1-4-18-10-5-7-17(8-6-10)12-9-11(14-2)15-13(16-12)19-3/h9-10H,4-8H2,1-3H3,(H,14,15,16). The normalized spacial score (nSPS) is 16.7. The van der Waals surface area contributed by atoms with Gasteiger partial charge in [0.15, 0.2) is 5.16 Å². The Morgan fingerprint density at radius 1 is 1.42 bits per heavy atom. The zero-order valence-corrected chi connectivity index (χ0v) is 12.7. The molecule has 1 aromatic heterocycles. The first kappa shape index (κ1) is 14.4. The Kier molecular flexibility index (Phi) is 5.27. The molecule has 0 atom stereocenters. The van der Waals surface area contributed by atoms with Crippen molar-refractivity contribution in [2.45, 2.75) is 31.0 Å². The molecule has 2 rings (SSSR count). The summed E-state index contributed by atoms with van der Waals surface area (Å²) in [6.07, 6.45) is 4.55. The fourth-order valence-electron chi connectivity index (χ4n) is 2.28. The number of nitrogens with one attached hydrogen (secondary N) is 1. The molecule has 0 spiro atoms. The van der Waals surface area contributed by atoms with E-state index in [0.717, 1.165) is 49.3 Å². The average Bonchev–Trinajstić information content (AvgIpc) is 2.47. The van der Waals surface area contributed by atoms with E-state index in [4.69, 9.17) is 4.74 Å². The summed E-state index contributed by atoms with van der Waals surface area (Å²) in [6.45, 7) is 4.86. The first-order valence-corrected chi connectivity index (χ1v) is 7.96. The summed E-state index contributed by atoms with van der Waals surface area (Å²) in [6, 6.07) is 2.01. The van der Waals surface area contributed by atoms with Gasteiger partial charge in [-0.1, -0.05) is 11.8 Å². The number of ether oxygens (including phenoxy) is 1. The van der Waals surface area contributed by atoms with Crippen LogP contribution >= 0.6 is 11.8 Å². The number of hydrogen-bond acceptors (Lipinski definition) is 6. The van der Waals surface area contributed by atoms with Crippen LogP contribution in [0.2, 0.25) is 0 Å². The largest absolute Gasteiger partial charge is 0.378 e. The number of rotatable bonds is 5. The van der Waals surface area contributed by atoms with E-state index in [0.29, 0.717) is 6.10 Å². The van der Waals surface area contributed by atoms with Crippen LogP contribution < -0.4 is 10.2 Å². The van der Waals surface area contributed by atoms with Gasteiger partial charge in [0.25, 0.3) is 0 Å². The number of anilines is 2. The van der Waals surface area contributed by atoms with Crippen molar-refractivity contribution in [2.24, 2.45) is 0 Å². The molecule has 19 heavy (non-hydrogen) atoms. The molecule has 1 fully saturated rings. The molecule has 0 unspecified atom stereocenters. The van der Waals surface area contributed by atoms with Gasteiger partial charge in [-0.2, -0.15) is 0 Å². The molecule has 0 saturated carbocycles. The molecule has 0 radical (unpaired) electrons. The van der Waals surface area contributed by atoms with Crippen molar-refractivity contribution in [3.8, 4) is 0 Å². The van der Waals surface area contributed by atoms with Gasteiger partial charge in [0.2, 0.25) is 0 Å². The first-order valence-electron chi connectivity index (χ1n) is 6.74. The molecule has 0 aliphatic carbocycles. The van der Waals surface area contributed by atoms with Crippen molar-refractivity contribution >= 4 is 23.4 Å².